The molecule has 0 fully saturated rings. The maximum absolute atomic E-state index is 12.1. The molecule has 1 heterocycles. The van der Waals surface area contributed by atoms with E-state index in [1.54, 1.807) is 24.3 Å². The fourth-order valence-electron chi connectivity index (χ4n) is 2.69. The standard InChI is InChI=1S/C20H19N3O3/c1-13(24)21-16-7-9-17(10-8-16)22-19(25)11-6-15-12-14-4-2-3-5-18(14)23-20(15)26/h2-5,7-10,12H,6,11H2,1H3,(H,21,24)(H,22,25)(H,23,26). The number of aromatic nitrogens is 1. The number of para-hydroxylation sites is 1. The molecule has 1 aromatic heterocycles. The van der Waals surface area contributed by atoms with Gasteiger partial charge in [0.1, 0.15) is 0 Å². The summed E-state index contributed by atoms with van der Waals surface area (Å²) in [4.78, 5) is 38.1. The molecule has 132 valence electrons. The van der Waals surface area contributed by atoms with Crippen molar-refractivity contribution < 1.29 is 9.59 Å². The van der Waals surface area contributed by atoms with Crippen molar-refractivity contribution in [2.75, 3.05) is 10.6 Å². The number of anilines is 2. The van der Waals surface area contributed by atoms with Crippen LogP contribution in [-0.2, 0) is 16.0 Å². The zero-order valence-electron chi connectivity index (χ0n) is 14.3. The van der Waals surface area contributed by atoms with E-state index < -0.39 is 0 Å². The lowest BCUT2D eigenvalue weighted by atomic mass is 10.1. The number of fused-ring (bicyclic) bond motifs is 1. The van der Waals surface area contributed by atoms with Gasteiger partial charge in [-0.15, -0.1) is 0 Å². The van der Waals surface area contributed by atoms with Crippen molar-refractivity contribution in [1.82, 2.24) is 4.98 Å². The number of H-pyrrole nitrogens is 1. The molecule has 3 rings (SSSR count). The number of hydrogen-bond acceptors (Lipinski definition) is 3. The number of nitrogens with one attached hydrogen (secondary N) is 3. The predicted octanol–water partition coefficient (Wildman–Crippen LogP) is 3.06. The summed E-state index contributed by atoms with van der Waals surface area (Å²) < 4.78 is 0. The van der Waals surface area contributed by atoms with Crippen LogP contribution in [0.4, 0.5) is 11.4 Å². The highest BCUT2D eigenvalue weighted by molar-refractivity contribution is 5.92. The van der Waals surface area contributed by atoms with E-state index in [4.69, 9.17) is 0 Å². The Balaban J connectivity index is 1.61. The molecule has 3 aromatic rings. The van der Waals surface area contributed by atoms with Crippen molar-refractivity contribution in [3.8, 4) is 0 Å². The summed E-state index contributed by atoms with van der Waals surface area (Å²) in [5, 5.41) is 6.39. The Bertz CT molecular complexity index is 1010. The molecule has 0 unspecified atom stereocenters. The van der Waals surface area contributed by atoms with Crippen LogP contribution in [0.1, 0.15) is 18.9 Å². The van der Waals surface area contributed by atoms with Crippen molar-refractivity contribution in [3.63, 3.8) is 0 Å². The lowest BCUT2D eigenvalue weighted by Crippen LogP contribution is -2.17. The summed E-state index contributed by atoms with van der Waals surface area (Å²) in [5.74, 6) is -0.327. The Hall–Kier alpha value is -3.41. The molecule has 2 aromatic carbocycles. The third kappa shape index (κ3) is 4.36. The highest BCUT2D eigenvalue weighted by Crippen LogP contribution is 2.15. The van der Waals surface area contributed by atoms with Gasteiger partial charge in [0.2, 0.25) is 11.8 Å². The minimum Gasteiger partial charge on any atom is -0.326 e. The van der Waals surface area contributed by atoms with Crippen LogP contribution in [0.2, 0.25) is 0 Å². The minimum absolute atomic E-state index is 0.151. The van der Waals surface area contributed by atoms with Crippen LogP contribution in [-0.4, -0.2) is 16.8 Å². The Morgan fingerprint density at radius 1 is 0.962 bits per heavy atom. The number of aryl methyl sites for hydroxylation is 1. The van der Waals surface area contributed by atoms with Crippen LogP contribution >= 0.6 is 0 Å². The molecule has 0 radical (unpaired) electrons. The van der Waals surface area contributed by atoms with Crippen molar-refractivity contribution in [1.29, 1.82) is 0 Å². The van der Waals surface area contributed by atoms with E-state index in [0.29, 0.717) is 23.4 Å². The van der Waals surface area contributed by atoms with Crippen LogP contribution < -0.4 is 16.2 Å². The first kappa shape index (κ1) is 17.4. The summed E-state index contributed by atoms with van der Waals surface area (Å²) in [6.45, 7) is 1.43. The SMILES string of the molecule is CC(=O)Nc1ccc(NC(=O)CCc2cc3ccccc3[nH]c2=O)cc1. The molecular weight excluding hydrogens is 330 g/mol. The summed E-state index contributed by atoms with van der Waals surface area (Å²) in [6, 6.07) is 16.2. The van der Waals surface area contributed by atoms with Crippen molar-refractivity contribution in [3.05, 3.63) is 70.5 Å². The van der Waals surface area contributed by atoms with Crippen molar-refractivity contribution in [2.24, 2.45) is 0 Å². The number of benzene rings is 2. The summed E-state index contributed by atoms with van der Waals surface area (Å²) in [5.41, 5.74) is 2.50. The number of hydrogen-bond donors (Lipinski definition) is 3. The Labute approximate surface area is 150 Å². The molecular formula is C20H19N3O3. The predicted molar refractivity (Wildman–Crippen MR) is 102 cm³/mol. The van der Waals surface area contributed by atoms with Gasteiger partial charge in [0.25, 0.3) is 5.56 Å². The quantitative estimate of drug-likeness (QED) is 0.661. The van der Waals surface area contributed by atoms with E-state index in [2.05, 4.69) is 15.6 Å². The second-order valence-corrected chi connectivity index (χ2v) is 6.02. The first-order valence-electron chi connectivity index (χ1n) is 8.30. The number of aromatic amines is 1. The highest BCUT2D eigenvalue weighted by Gasteiger charge is 2.07. The van der Waals surface area contributed by atoms with Gasteiger partial charge in [0.15, 0.2) is 0 Å². The zero-order valence-corrected chi connectivity index (χ0v) is 14.3. The maximum atomic E-state index is 12.1. The fraction of sp³-hybridized carbons (Fsp3) is 0.150. The van der Waals surface area contributed by atoms with E-state index >= 15 is 0 Å². The highest BCUT2D eigenvalue weighted by atomic mass is 16.2. The third-order valence-electron chi connectivity index (χ3n) is 3.94. The molecule has 0 aliphatic rings. The second kappa shape index (κ2) is 7.65. The van der Waals surface area contributed by atoms with Gasteiger partial charge in [-0.1, -0.05) is 18.2 Å². The van der Waals surface area contributed by atoms with Gasteiger partial charge in [-0.3, -0.25) is 14.4 Å². The average molecular weight is 349 g/mol. The topological polar surface area (TPSA) is 91.1 Å². The molecule has 0 saturated heterocycles. The van der Waals surface area contributed by atoms with Crippen LogP contribution in [0.15, 0.2) is 59.4 Å². The normalized spacial score (nSPS) is 10.5. The molecule has 26 heavy (non-hydrogen) atoms. The van der Waals surface area contributed by atoms with E-state index in [1.807, 2.05) is 30.3 Å². The summed E-state index contributed by atoms with van der Waals surface area (Å²) in [6.07, 6.45) is 0.560. The number of carbonyl (C=O) groups is 2. The van der Waals surface area contributed by atoms with Gasteiger partial charge in [0.05, 0.1) is 0 Å². The van der Waals surface area contributed by atoms with Crippen molar-refractivity contribution >= 4 is 34.1 Å². The number of carbonyl (C=O) groups excluding carboxylic acids is 2. The van der Waals surface area contributed by atoms with E-state index in [9.17, 15) is 14.4 Å². The molecule has 0 spiro atoms. The van der Waals surface area contributed by atoms with Gasteiger partial charge < -0.3 is 15.6 Å². The zero-order chi connectivity index (χ0) is 18.5. The fourth-order valence-corrected chi connectivity index (χ4v) is 2.69. The van der Waals surface area contributed by atoms with Gasteiger partial charge in [-0.25, -0.2) is 0 Å². The Morgan fingerprint density at radius 3 is 2.31 bits per heavy atom. The van der Waals surface area contributed by atoms with E-state index in [-0.39, 0.29) is 23.8 Å². The van der Waals surface area contributed by atoms with Gasteiger partial charge in [-0.05, 0) is 48.2 Å². The average Bonchev–Trinajstić information content (AvgIpc) is 2.61. The molecule has 0 atom stereocenters. The van der Waals surface area contributed by atoms with Crippen LogP contribution in [0.5, 0.6) is 0 Å². The van der Waals surface area contributed by atoms with Gasteiger partial charge >= 0.3 is 0 Å². The van der Waals surface area contributed by atoms with Crippen molar-refractivity contribution in [2.45, 2.75) is 19.8 Å². The lowest BCUT2D eigenvalue weighted by Gasteiger charge is -2.07. The molecule has 0 saturated carbocycles. The van der Waals surface area contributed by atoms with Gasteiger partial charge in [-0.2, -0.15) is 0 Å². The monoisotopic (exact) mass is 349 g/mol. The Morgan fingerprint density at radius 2 is 1.62 bits per heavy atom. The number of amides is 2. The molecule has 3 N–H and O–H groups in total. The summed E-state index contributed by atoms with van der Waals surface area (Å²) >= 11 is 0. The van der Waals surface area contributed by atoms with Crippen LogP contribution in [0.3, 0.4) is 0 Å². The minimum atomic E-state index is -0.176. The van der Waals surface area contributed by atoms with Crippen LogP contribution in [0, 0.1) is 0 Å². The molecule has 0 bridgehead atoms. The number of rotatable bonds is 5. The maximum Gasteiger partial charge on any atom is 0.251 e. The Kier molecular flexibility index (Phi) is 5.12. The first-order chi connectivity index (χ1) is 12.5. The second-order valence-electron chi connectivity index (χ2n) is 6.02. The molecule has 6 heteroatoms. The first-order valence-corrected chi connectivity index (χ1v) is 8.30. The summed E-state index contributed by atoms with van der Waals surface area (Å²) in [7, 11) is 0. The van der Waals surface area contributed by atoms with Crippen LogP contribution in [0.25, 0.3) is 10.9 Å². The largest absolute Gasteiger partial charge is 0.326 e. The number of pyridine rings is 1. The van der Waals surface area contributed by atoms with E-state index in [0.717, 1.165) is 10.9 Å². The smallest absolute Gasteiger partial charge is 0.251 e. The molecule has 0 aliphatic heterocycles. The molecule has 2 amide bonds. The van der Waals surface area contributed by atoms with Gasteiger partial charge in [0, 0.05) is 35.8 Å². The van der Waals surface area contributed by atoms with E-state index in [1.165, 1.54) is 6.92 Å². The molecule has 0 aliphatic carbocycles. The molecule has 6 nitrogen and oxygen atoms in total. The third-order valence-corrected chi connectivity index (χ3v) is 3.94. The lowest BCUT2D eigenvalue weighted by molar-refractivity contribution is -0.116.